The van der Waals surface area contributed by atoms with Crippen LogP contribution in [-0.4, -0.2) is 31.8 Å². The molecule has 1 aromatic carbocycles. The SMILES string of the molecule is CCC(C)c1ccc(O[C@@H]2CN[C@H](C(=O)OC)C2)c(Br)c1.Cl. The van der Waals surface area contributed by atoms with Crippen LogP contribution in [0.15, 0.2) is 22.7 Å². The predicted octanol–water partition coefficient (Wildman–Crippen LogP) is 3.67. The van der Waals surface area contributed by atoms with Gasteiger partial charge < -0.3 is 14.8 Å². The Kier molecular flexibility index (Phi) is 7.66. The number of carbonyl (C=O) groups excluding carboxylic acids is 1. The Labute approximate surface area is 146 Å². The van der Waals surface area contributed by atoms with E-state index in [2.05, 4.69) is 47.2 Å². The van der Waals surface area contributed by atoms with Crippen LogP contribution in [0.25, 0.3) is 0 Å². The van der Waals surface area contributed by atoms with E-state index in [1.807, 2.05) is 6.07 Å². The molecule has 4 nitrogen and oxygen atoms in total. The largest absolute Gasteiger partial charge is 0.488 e. The average Bonchev–Trinajstić information content (AvgIpc) is 2.96. The number of carbonyl (C=O) groups is 1. The monoisotopic (exact) mass is 391 g/mol. The van der Waals surface area contributed by atoms with E-state index < -0.39 is 0 Å². The Morgan fingerprint density at radius 3 is 2.82 bits per heavy atom. The number of halogens is 2. The molecular formula is C16H23BrClNO3. The van der Waals surface area contributed by atoms with Crippen molar-refractivity contribution in [3.63, 3.8) is 0 Å². The predicted molar refractivity (Wildman–Crippen MR) is 92.9 cm³/mol. The van der Waals surface area contributed by atoms with Gasteiger partial charge in [0, 0.05) is 13.0 Å². The van der Waals surface area contributed by atoms with Crippen molar-refractivity contribution in [2.45, 2.75) is 44.8 Å². The second-order valence-corrected chi connectivity index (χ2v) is 6.31. The summed E-state index contributed by atoms with van der Waals surface area (Å²) in [5.41, 5.74) is 1.30. The lowest BCUT2D eigenvalue weighted by Gasteiger charge is -2.16. The highest BCUT2D eigenvalue weighted by Crippen LogP contribution is 2.31. The van der Waals surface area contributed by atoms with E-state index in [0.717, 1.165) is 16.6 Å². The fraction of sp³-hybridized carbons (Fsp3) is 0.562. The molecule has 22 heavy (non-hydrogen) atoms. The molecule has 0 amide bonds. The Bertz CT molecular complexity index is 512. The minimum atomic E-state index is -0.266. The highest BCUT2D eigenvalue weighted by molar-refractivity contribution is 9.10. The zero-order chi connectivity index (χ0) is 15.4. The standard InChI is InChI=1S/C16H22BrNO3.ClH/c1-4-10(2)11-5-6-15(13(17)7-11)21-12-8-14(18-9-12)16(19)20-3;/h5-7,10,12,14,18H,4,8-9H2,1-3H3;1H/t10?,12-,14-;/m0./s1. The Balaban J connectivity index is 0.00000242. The molecule has 1 N–H and O–H groups in total. The number of hydrogen-bond donors (Lipinski definition) is 1. The summed E-state index contributed by atoms with van der Waals surface area (Å²) in [5, 5.41) is 3.12. The highest BCUT2D eigenvalue weighted by atomic mass is 79.9. The molecule has 0 aromatic heterocycles. The van der Waals surface area contributed by atoms with E-state index in [0.29, 0.717) is 18.9 Å². The third-order valence-corrected chi connectivity index (χ3v) is 4.63. The molecule has 0 aliphatic carbocycles. The Morgan fingerprint density at radius 2 is 2.23 bits per heavy atom. The molecule has 3 atom stereocenters. The van der Waals surface area contributed by atoms with E-state index in [4.69, 9.17) is 9.47 Å². The van der Waals surface area contributed by atoms with Crippen molar-refractivity contribution >= 4 is 34.3 Å². The van der Waals surface area contributed by atoms with Gasteiger partial charge in [-0.15, -0.1) is 12.4 Å². The van der Waals surface area contributed by atoms with Crippen molar-refractivity contribution in [1.29, 1.82) is 0 Å². The van der Waals surface area contributed by atoms with Gasteiger partial charge in [-0.1, -0.05) is 19.9 Å². The summed E-state index contributed by atoms with van der Waals surface area (Å²) in [6.45, 7) is 5.05. The minimum absolute atomic E-state index is 0. The molecule has 1 heterocycles. The number of methoxy groups -OCH3 is 1. The molecule has 6 heteroatoms. The molecule has 1 aliphatic heterocycles. The van der Waals surface area contributed by atoms with Crippen LogP contribution in [0.2, 0.25) is 0 Å². The van der Waals surface area contributed by atoms with Gasteiger partial charge in [-0.05, 0) is 46.0 Å². The van der Waals surface area contributed by atoms with E-state index in [1.165, 1.54) is 12.7 Å². The molecule has 124 valence electrons. The highest BCUT2D eigenvalue weighted by Gasteiger charge is 2.31. The molecule has 0 saturated carbocycles. The first-order chi connectivity index (χ1) is 10.0. The Morgan fingerprint density at radius 1 is 1.50 bits per heavy atom. The molecule has 1 fully saturated rings. The van der Waals surface area contributed by atoms with Crippen LogP contribution in [0.3, 0.4) is 0 Å². The summed E-state index contributed by atoms with van der Waals surface area (Å²) >= 11 is 3.57. The first-order valence-electron chi connectivity index (χ1n) is 7.32. The molecule has 1 saturated heterocycles. The average molecular weight is 393 g/mol. The number of ether oxygens (including phenoxy) is 2. The smallest absolute Gasteiger partial charge is 0.323 e. The van der Waals surface area contributed by atoms with Gasteiger partial charge in [0.25, 0.3) is 0 Å². The molecule has 1 aliphatic rings. The third-order valence-electron chi connectivity index (χ3n) is 4.01. The summed E-state index contributed by atoms with van der Waals surface area (Å²) in [7, 11) is 1.41. The second-order valence-electron chi connectivity index (χ2n) is 5.46. The topological polar surface area (TPSA) is 47.6 Å². The van der Waals surface area contributed by atoms with Crippen molar-refractivity contribution in [1.82, 2.24) is 5.32 Å². The van der Waals surface area contributed by atoms with Crippen LogP contribution in [0.5, 0.6) is 5.75 Å². The molecule has 2 rings (SSSR count). The maximum atomic E-state index is 11.5. The van der Waals surface area contributed by atoms with Crippen LogP contribution in [0.1, 0.15) is 38.2 Å². The van der Waals surface area contributed by atoms with Crippen LogP contribution in [0, 0.1) is 0 Å². The van der Waals surface area contributed by atoms with Crippen molar-refractivity contribution in [2.24, 2.45) is 0 Å². The molecule has 1 unspecified atom stereocenters. The van der Waals surface area contributed by atoms with Gasteiger partial charge in [-0.2, -0.15) is 0 Å². The second kappa shape index (κ2) is 8.75. The summed E-state index contributed by atoms with van der Waals surface area (Å²) in [4.78, 5) is 11.5. The van der Waals surface area contributed by atoms with Crippen LogP contribution in [-0.2, 0) is 9.53 Å². The maximum Gasteiger partial charge on any atom is 0.323 e. The van der Waals surface area contributed by atoms with E-state index in [-0.39, 0.29) is 30.5 Å². The molecule has 0 radical (unpaired) electrons. The fourth-order valence-electron chi connectivity index (χ4n) is 2.45. The maximum absolute atomic E-state index is 11.5. The third kappa shape index (κ3) is 4.61. The van der Waals surface area contributed by atoms with Crippen molar-refractivity contribution < 1.29 is 14.3 Å². The molecule has 0 bridgehead atoms. The van der Waals surface area contributed by atoms with Gasteiger partial charge in [0.15, 0.2) is 0 Å². The molecular weight excluding hydrogens is 370 g/mol. The van der Waals surface area contributed by atoms with E-state index in [1.54, 1.807) is 0 Å². The van der Waals surface area contributed by atoms with Gasteiger partial charge in [0.05, 0.1) is 11.6 Å². The van der Waals surface area contributed by atoms with Crippen LogP contribution < -0.4 is 10.1 Å². The lowest BCUT2D eigenvalue weighted by molar-refractivity contribution is -0.142. The number of rotatable bonds is 5. The van der Waals surface area contributed by atoms with Gasteiger partial charge in [0.1, 0.15) is 17.9 Å². The summed E-state index contributed by atoms with van der Waals surface area (Å²) in [6.07, 6.45) is 1.73. The van der Waals surface area contributed by atoms with Gasteiger partial charge in [0.2, 0.25) is 0 Å². The van der Waals surface area contributed by atoms with E-state index in [9.17, 15) is 4.79 Å². The zero-order valence-corrected chi connectivity index (χ0v) is 15.5. The Hall–Kier alpha value is -0.780. The first kappa shape index (κ1) is 19.3. The van der Waals surface area contributed by atoms with Gasteiger partial charge >= 0.3 is 5.97 Å². The number of nitrogens with one attached hydrogen (secondary N) is 1. The van der Waals surface area contributed by atoms with Crippen LogP contribution >= 0.6 is 28.3 Å². The first-order valence-corrected chi connectivity index (χ1v) is 8.11. The molecule has 1 aromatic rings. The van der Waals surface area contributed by atoms with Crippen molar-refractivity contribution in [2.75, 3.05) is 13.7 Å². The number of hydrogen-bond acceptors (Lipinski definition) is 4. The number of esters is 1. The normalized spacial score (nSPS) is 21.8. The zero-order valence-electron chi connectivity index (χ0n) is 13.1. The quantitative estimate of drug-likeness (QED) is 0.777. The summed E-state index contributed by atoms with van der Waals surface area (Å²) < 4.78 is 11.7. The lowest BCUT2D eigenvalue weighted by Crippen LogP contribution is -2.31. The minimum Gasteiger partial charge on any atom is -0.488 e. The van der Waals surface area contributed by atoms with Crippen molar-refractivity contribution in [3.8, 4) is 5.75 Å². The van der Waals surface area contributed by atoms with E-state index >= 15 is 0 Å². The van der Waals surface area contributed by atoms with Gasteiger partial charge in [-0.3, -0.25) is 4.79 Å². The summed E-state index contributed by atoms with van der Waals surface area (Å²) in [6, 6.07) is 5.95. The van der Waals surface area contributed by atoms with Crippen molar-refractivity contribution in [3.05, 3.63) is 28.2 Å². The lowest BCUT2D eigenvalue weighted by atomic mass is 9.99. The van der Waals surface area contributed by atoms with Gasteiger partial charge in [-0.25, -0.2) is 0 Å². The van der Waals surface area contributed by atoms with Crippen LogP contribution in [0.4, 0.5) is 0 Å². The molecule has 0 spiro atoms. The summed E-state index contributed by atoms with van der Waals surface area (Å²) in [5.74, 6) is 1.12. The fourth-order valence-corrected chi connectivity index (χ4v) is 2.94. The number of benzene rings is 1.